The molecule has 0 fully saturated rings. The molecule has 1 aromatic heterocycles. The largest absolute Gasteiger partial charge is 0.504 e. The number of thiophene rings is 1. The van der Waals surface area contributed by atoms with Gasteiger partial charge in [0.15, 0.2) is 16.4 Å². The maximum atomic E-state index is 11.2. The number of aromatic hydroxyl groups is 1. The molecule has 0 aliphatic heterocycles. The molecule has 0 spiro atoms. The van der Waals surface area contributed by atoms with E-state index in [4.69, 9.17) is 0 Å². The molecule has 0 atom stereocenters. The Kier molecular flexibility index (Phi) is 3.79. The first-order valence-corrected chi connectivity index (χ1v) is 7.67. The lowest BCUT2D eigenvalue weighted by molar-refractivity contribution is -0.384. The number of nitro benzene ring substituents is 1. The molecule has 6 nitrogen and oxygen atoms in total. The van der Waals surface area contributed by atoms with E-state index in [2.05, 4.69) is 10.2 Å². The number of benzene rings is 2. The monoisotopic (exact) mass is 327 g/mol. The highest BCUT2D eigenvalue weighted by atomic mass is 32.1. The number of rotatable bonds is 3. The molecule has 3 rings (SSSR count). The van der Waals surface area contributed by atoms with Crippen LogP contribution in [0.25, 0.3) is 10.1 Å². The summed E-state index contributed by atoms with van der Waals surface area (Å²) in [4.78, 5) is 10.7. The second-order valence-electron chi connectivity index (χ2n) is 5.16. The van der Waals surface area contributed by atoms with Crippen molar-refractivity contribution in [3.63, 3.8) is 0 Å². The summed E-state index contributed by atoms with van der Waals surface area (Å²) in [5.74, 6) is 0.0433. The van der Waals surface area contributed by atoms with Crippen molar-refractivity contribution in [1.82, 2.24) is 0 Å². The lowest BCUT2D eigenvalue weighted by atomic mass is 10.1. The summed E-state index contributed by atoms with van der Waals surface area (Å²) in [7, 11) is 0. The first-order valence-electron chi connectivity index (χ1n) is 6.85. The highest BCUT2D eigenvalue weighted by molar-refractivity contribution is 7.23. The minimum absolute atomic E-state index is 0.0433. The van der Waals surface area contributed by atoms with Crippen LogP contribution in [0.15, 0.2) is 46.6 Å². The molecule has 1 N–H and O–H groups in total. The third kappa shape index (κ3) is 2.78. The summed E-state index contributed by atoms with van der Waals surface area (Å²) >= 11 is 1.29. The van der Waals surface area contributed by atoms with Gasteiger partial charge in [-0.1, -0.05) is 18.2 Å². The number of fused-ring (bicyclic) bond motifs is 1. The predicted octanol–water partition coefficient (Wildman–Crippen LogP) is 5.55. The van der Waals surface area contributed by atoms with Gasteiger partial charge in [0.05, 0.1) is 4.92 Å². The molecule has 0 bridgehead atoms. The van der Waals surface area contributed by atoms with E-state index in [1.54, 1.807) is 19.9 Å². The van der Waals surface area contributed by atoms with Crippen molar-refractivity contribution in [2.75, 3.05) is 0 Å². The Morgan fingerprint density at radius 1 is 1.17 bits per heavy atom. The number of hydrogen-bond acceptors (Lipinski definition) is 6. The van der Waals surface area contributed by atoms with Crippen LogP contribution in [0, 0.1) is 24.0 Å². The van der Waals surface area contributed by atoms with E-state index >= 15 is 0 Å². The van der Waals surface area contributed by atoms with Crippen LogP contribution in [0.4, 0.5) is 16.4 Å². The number of nitro groups is 1. The molecule has 0 amide bonds. The quantitative estimate of drug-likeness (QED) is 0.389. The summed E-state index contributed by atoms with van der Waals surface area (Å²) in [6, 6.07) is 10.6. The van der Waals surface area contributed by atoms with Crippen molar-refractivity contribution in [1.29, 1.82) is 0 Å². The van der Waals surface area contributed by atoms with Crippen molar-refractivity contribution in [3.8, 4) is 5.75 Å². The van der Waals surface area contributed by atoms with Gasteiger partial charge in [0.25, 0.3) is 5.69 Å². The van der Waals surface area contributed by atoms with E-state index < -0.39 is 4.92 Å². The molecule has 7 heteroatoms. The molecular weight excluding hydrogens is 314 g/mol. The van der Waals surface area contributed by atoms with Gasteiger partial charge in [-0.3, -0.25) is 10.1 Å². The minimum Gasteiger partial charge on any atom is -0.504 e. The zero-order valence-corrected chi connectivity index (χ0v) is 13.3. The van der Waals surface area contributed by atoms with Crippen molar-refractivity contribution in [2.24, 2.45) is 10.2 Å². The Bertz CT molecular complexity index is 947. The van der Waals surface area contributed by atoms with Crippen LogP contribution >= 0.6 is 11.3 Å². The second-order valence-corrected chi connectivity index (χ2v) is 6.19. The van der Waals surface area contributed by atoms with Crippen molar-refractivity contribution in [2.45, 2.75) is 13.8 Å². The van der Waals surface area contributed by atoms with Gasteiger partial charge < -0.3 is 5.11 Å². The van der Waals surface area contributed by atoms with E-state index in [0.717, 1.165) is 10.3 Å². The van der Waals surface area contributed by atoms with E-state index in [0.29, 0.717) is 16.0 Å². The van der Waals surface area contributed by atoms with E-state index in [1.807, 2.05) is 24.3 Å². The molecule has 0 saturated heterocycles. The van der Waals surface area contributed by atoms with Gasteiger partial charge in [0.2, 0.25) is 0 Å². The van der Waals surface area contributed by atoms with Crippen molar-refractivity contribution >= 4 is 37.8 Å². The maximum Gasteiger partial charge on any atom is 0.297 e. The Morgan fingerprint density at radius 2 is 1.91 bits per heavy atom. The molecule has 3 aromatic rings. The highest BCUT2D eigenvalue weighted by Crippen LogP contribution is 2.44. The first-order chi connectivity index (χ1) is 11.0. The van der Waals surface area contributed by atoms with Gasteiger partial charge in [-0.25, -0.2) is 0 Å². The number of hydrogen-bond donors (Lipinski definition) is 1. The van der Waals surface area contributed by atoms with Crippen LogP contribution in [-0.2, 0) is 0 Å². The topological polar surface area (TPSA) is 88.1 Å². The summed E-state index contributed by atoms with van der Waals surface area (Å²) in [5.41, 5.74) is 1.57. The third-order valence-corrected chi connectivity index (χ3v) is 4.46. The van der Waals surface area contributed by atoms with E-state index in [1.165, 1.54) is 17.4 Å². The van der Waals surface area contributed by atoms with E-state index in [-0.39, 0.29) is 17.1 Å². The van der Waals surface area contributed by atoms with Crippen LogP contribution in [0.2, 0.25) is 0 Å². The van der Waals surface area contributed by atoms with Gasteiger partial charge >= 0.3 is 0 Å². The SMILES string of the molecule is Cc1cc(C)c(N=Nc2sc3ccccc3c2O)c([N+](=O)[O-])c1. The smallest absolute Gasteiger partial charge is 0.297 e. The Labute approximate surface area is 135 Å². The molecule has 0 aliphatic carbocycles. The van der Waals surface area contributed by atoms with Gasteiger partial charge in [-0.15, -0.1) is 21.6 Å². The summed E-state index contributed by atoms with van der Waals surface area (Å²) in [6.45, 7) is 3.54. The first kappa shape index (κ1) is 15.1. The average Bonchev–Trinajstić information content (AvgIpc) is 2.82. The number of azo groups is 1. The van der Waals surface area contributed by atoms with Crippen LogP contribution in [-0.4, -0.2) is 10.0 Å². The molecule has 0 aliphatic rings. The fraction of sp³-hybridized carbons (Fsp3) is 0.125. The fourth-order valence-corrected chi connectivity index (χ4v) is 3.31. The summed E-state index contributed by atoms with van der Waals surface area (Å²) in [5, 5.41) is 30.5. The lowest BCUT2D eigenvalue weighted by Gasteiger charge is -2.02. The van der Waals surface area contributed by atoms with Crippen molar-refractivity contribution in [3.05, 3.63) is 57.6 Å². The summed E-state index contributed by atoms with van der Waals surface area (Å²) < 4.78 is 0.883. The van der Waals surface area contributed by atoms with Crippen LogP contribution in [0.1, 0.15) is 11.1 Å². The Balaban J connectivity index is 2.09. The normalized spacial score (nSPS) is 11.4. The third-order valence-electron chi connectivity index (χ3n) is 3.41. The highest BCUT2D eigenvalue weighted by Gasteiger charge is 2.17. The Hall–Kier alpha value is -2.80. The van der Waals surface area contributed by atoms with Gasteiger partial charge in [-0.2, -0.15) is 0 Å². The zero-order valence-electron chi connectivity index (χ0n) is 12.5. The van der Waals surface area contributed by atoms with Crippen LogP contribution < -0.4 is 0 Å². The molecule has 0 radical (unpaired) electrons. The molecule has 2 aromatic carbocycles. The average molecular weight is 327 g/mol. The molecular formula is C16H13N3O3S. The molecule has 0 saturated carbocycles. The minimum atomic E-state index is -0.473. The van der Waals surface area contributed by atoms with Crippen molar-refractivity contribution < 1.29 is 10.0 Å². The molecule has 0 unspecified atom stereocenters. The van der Waals surface area contributed by atoms with Gasteiger partial charge in [-0.05, 0) is 37.1 Å². The maximum absolute atomic E-state index is 11.2. The fourth-order valence-electron chi connectivity index (χ4n) is 2.39. The van der Waals surface area contributed by atoms with Gasteiger partial charge in [0, 0.05) is 16.2 Å². The predicted molar refractivity (Wildman–Crippen MR) is 90.2 cm³/mol. The summed E-state index contributed by atoms with van der Waals surface area (Å²) in [6.07, 6.45) is 0. The number of aryl methyl sites for hydroxylation is 2. The second kappa shape index (κ2) is 5.77. The molecule has 1 heterocycles. The molecule has 23 heavy (non-hydrogen) atoms. The molecule has 116 valence electrons. The Morgan fingerprint density at radius 3 is 2.61 bits per heavy atom. The lowest BCUT2D eigenvalue weighted by Crippen LogP contribution is -1.91. The zero-order chi connectivity index (χ0) is 16.6. The number of nitrogens with zero attached hydrogens (tertiary/aromatic N) is 3. The standard InChI is InChI=1S/C16H13N3O3S/c1-9-7-10(2)14(12(8-9)19(21)22)17-18-16-15(20)11-5-3-4-6-13(11)23-16/h3-8,20H,1-2H3. The van der Waals surface area contributed by atoms with E-state index in [9.17, 15) is 15.2 Å². The van der Waals surface area contributed by atoms with Crippen LogP contribution in [0.3, 0.4) is 0 Å². The van der Waals surface area contributed by atoms with Gasteiger partial charge in [0.1, 0.15) is 0 Å². The van der Waals surface area contributed by atoms with Crippen LogP contribution in [0.5, 0.6) is 5.75 Å².